The fourth-order valence-electron chi connectivity index (χ4n) is 3.47. The predicted octanol–water partition coefficient (Wildman–Crippen LogP) is 3.46. The molecule has 29 heavy (non-hydrogen) atoms. The molecule has 160 valence electrons. The van der Waals surface area contributed by atoms with Gasteiger partial charge in [0, 0.05) is 58.5 Å². The number of rotatable bonds is 7. The van der Waals surface area contributed by atoms with Crippen molar-refractivity contribution in [3.63, 3.8) is 0 Å². The second-order valence-corrected chi connectivity index (χ2v) is 7.24. The molecule has 1 N–H and O–H groups in total. The molecule has 1 aromatic rings. The molecule has 1 saturated carbocycles. The minimum atomic E-state index is -0.638. The Bertz CT molecular complexity index is 649. The number of hydrogen-bond acceptors (Lipinski definition) is 7. The molecule has 0 spiro atoms. The maximum atomic E-state index is 10.9. The van der Waals surface area contributed by atoms with Crippen molar-refractivity contribution < 1.29 is 59.6 Å². The summed E-state index contributed by atoms with van der Waals surface area (Å²) >= 11 is 4.96. The van der Waals surface area contributed by atoms with Gasteiger partial charge in [-0.15, -0.1) is 0 Å². The number of carbonyl (C=O) groups excluding carboxylic acids is 1. The van der Waals surface area contributed by atoms with Crippen molar-refractivity contribution in [3.05, 3.63) is 48.2 Å². The van der Waals surface area contributed by atoms with E-state index in [9.17, 15) is 4.79 Å². The van der Waals surface area contributed by atoms with Gasteiger partial charge in [0.1, 0.15) is 6.61 Å². The van der Waals surface area contributed by atoms with Gasteiger partial charge in [-0.2, -0.15) is 0 Å². The number of nitrogens with one attached hydrogen (secondary N) is 1. The van der Waals surface area contributed by atoms with Crippen LogP contribution in [0.3, 0.4) is 0 Å². The van der Waals surface area contributed by atoms with Crippen LogP contribution in [0.25, 0.3) is 5.73 Å². The number of methoxy groups -OCH3 is 1. The van der Waals surface area contributed by atoms with Gasteiger partial charge in [0.2, 0.25) is 0 Å². The fourth-order valence-corrected chi connectivity index (χ4v) is 3.60. The third-order valence-electron chi connectivity index (χ3n) is 4.61. The van der Waals surface area contributed by atoms with Crippen LogP contribution in [-0.2, 0) is 35.1 Å². The summed E-state index contributed by atoms with van der Waals surface area (Å²) in [5.74, 6) is -0.315. The zero-order chi connectivity index (χ0) is 20.6. The van der Waals surface area contributed by atoms with Crippen molar-refractivity contribution in [3.8, 4) is 0 Å². The van der Waals surface area contributed by atoms with E-state index in [1.165, 1.54) is 6.92 Å². The molecule has 0 radical (unpaired) electrons. The Labute approximate surface area is 201 Å². The first-order valence-corrected chi connectivity index (χ1v) is 9.43. The monoisotopic (exact) mass is 647 g/mol. The summed E-state index contributed by atoms with van der Waals surface area (Å²) in [6, 6.07) is 9.85. The Kier molecular flexibility index (Phi) is 11.9. The Morgan fingerprint density at radius 2 is 2.03 bits per heavy atom. The molecule has 2 bridgehead atoms. The van der Waals surface area contributed by atoms with Crippen molar-refractivity contribution in [2.24, 2.45) is 5.92 Å². The Morgan fingerprint density at radius 3 is 2.59 bits per heavy atom. The summed E-state index contributed by atoms with van der Waals surface area (Å²) in [6.07, 6.45) is 0.362. The SMILES string of the molecule is CO[C@H]1[C@H]2[CH-]O[C@@]1(COC(C)=O)C[C@@H]2OC(C)=S.[NH-]COCc1ccccc1.[U]. The molecule has 0 aromatic heterocycles. The van der Waals surface area contributed by atoms with Gasteiger partial charge < -0.3 is 29.4 Å². The van der Waals surface area contributed by atoms with Crippen LogP contribution in [0.5, 0.6) is 0 Å². The summed E-state index contributed by atoms with van der Waals surface area (Å²) in [5.41, 5.74) is 7.21. The summed E-state index contributed by atoms with van der Waals surface area (Å²) in [7, 11) is 1.62. The molecule has 3 rings (SSSR count). The van der Waals surface area contributed by atoms with Crippen molar-refractivity contribution in [1.29, 1.82) is 0 Å². The van der Waals surface area contributed by atoms with Crippen molar-refractivity contribution >= 4 is 23.2 Å². The Hall–Kier alpha value is -0.528. The van der Waals surface area contributed by atoms with E-state index in [1.807, 2.05) is 30.3 Å². The van der Waals surface area contributed by atoms with Crippen molar-refractivity contribution in [1.82, 2.24) is 0 Å². The number of benzene rings is 1. The second kappa shape index (κ2) is 13.0. The molecule has 0 amide bonds. The fraction of sp³-hybridized carbons (Fsp3) is 0.550. The summed E-state index contributed by atoms with van der Waals surface area (Å²) < 4.78 is 26.7. The topological polar surface area (TPSA) is 87.0 Å². The quantitative estimate of drug-likeness (QED) is 0.255. The van der Waals surface area contributed by atoms with E-state index in [-0.39, 0.29) is 68.5 Å². The number of ether oxygens (including phenoxy) is 5. The molecular weight excluding hydrogens is 620 g/mol. The molecule has 1 saturated heterocycles. The molecule has 2 aliphatic rings. The van der Waals surface area contributed by atoms with Gasteiger partial charge in [-0.1, -0.05) is 36.2 Å². The summed E-state index contributed by atoms with van der Waals surface area (Å²) in [4.78, 5) is 10.9. The van der Waals surface area contributed by atoms with Gasteiger partial charge in [0.25, 0.3) is 0 Å². The standard InChI is InChI=1S/C12H17O5S.C8H10NO.U/c1-7(13)15-6-12-4-10(17-8(2)18)9(5-16-12)11(12)14-3;9-7-10-6-8-4-2-1-3-5-8;/h5,9-11H,4,6H2,1-3H3;1-5,9H,6-7H2;/q2*-1;/t9-,10-,11-,12+;;/m0../s1. The van der Waals surface area contributed by atoms with Crippen LogP contribution in [0.15, 0.2) is 30.3 Å². The molecule has 1 heterocycles. The Balaban J connectivity index is 0.000000327. The zero-order valence-electron chi connectivity index (χ0n) is 16.9. The predicted molar refractivity (Wildman–Crippen MR) is 107 cm³/mol. The van der Waals surface area contributed by atoms with Crippen LogP contribution in [0.2, 0.25) is 0 Å². The third kappa shape index (κ3) is 7.59. The van der Waals surface area contributed by atoms with Crippen LogP contribution >= 0.6 is 12.2 Å². The average Bonchev–Trinajstić information content (AvgIpc) is 3.17. The van der Waals surface area contributed by atoms with Crippen LogP contribution in [-0.4, -0.2) is 49.3 Å². The maximum absolute atomic E-state index is 10.9. The minimum absolute atomic E-state index is 0. The van der Waals surface area contributed by atoms with Gasteiger partial charge in [-0.05, 0) is 24.5 Å². The van der Waals surface area contributed by atoms with E-state index in [1.54, 1.807) is 20.6 Å². The number of esters is 1. The first-order chi connectivity index (χ1) is 13.4. The van der Waals surface area contributed by atoms with Gasteiger partial charge in [0.05, 0.1) is 24.4 Å². The van der Waals surface area contributed by atoms with Crippen LogP contribution in [0.1, 0.15) is 25.8 Å². The molecule has 0 unspecified atom stereocenters. The van der Waals surface area contributed by atoms with Crippen LogP contribution in [0.4, 0.5) is 0 Å². The molecule has 7 nitrogen and oxygen atoms in total. The largest absolute Gasteiger partial charge is 0.655 e. The number of thiocarbonyl (C=S) groups is 1. The first-order valence-electron chi connectivity index (χ1n) is 9.02. The average molecular weight is 648 g/mol. The van der Waals surface area contributed by atoms with Crippen LogP contribution in [0, 0.1) is 43.6 Å². The Morgan fingerprint density at radius 1 is 1.34 bits per heavy atom. The van der Waals surface area contributed by atoms with Gasteiger partial charge >= 0.3 is 5.97 Å². The maximum Gasteiger partial charge on any atom is 0.302 e. The molecular formula is C20H27NO6SU-2. The van der Waals surface area contributed by atoms with E-state index >= 15 is 0 Å². The normalized spacial score (nSPS) is 26.7. The smallest absolute Gasteiger partial charge is 0.302 e. The molecule has 9 heteroatoms. The molecule has 1 aliphatic heterocycles. The van der Waals surface area contributed by atoms with Crippen molar-refractivity contribution in [2.45, 2.75) is 44.7 Å². The number of hydrogen-bond donors (Lipinski definition) is 0. The molecule has 2 fully saturated rings. The minimum Gasteiger partial charge on any atom is -0.655 e. The summed E-state index contributed by atoms with van der Waals surface area (Å²) in [6.45, 7) is 5.58. The van der Waals surface area contributed by atoms with Gasteiger partial charge in [-0.3, -0.25) is 4.79 Å². The van der Waals surface area contributed by atoms with E-state index in [2.05, 4.69) is 0 Å². The number of carbonyl (C=O) groups is 1. The zero-order valence-corrected chi connectivity index (χ0v) is 21.9. The molecule has 1 aromatic carbocycles. The molecule has 1 aliphatic carbocycles. The van der Waals surface area contributed by atoms with Crippen LogP contribution < -0.4 is 0 Å². The van der Waals surface area contributed by atoms with E-state index in [0.29, 0.717) is 18.1 Å². The summed E-state index contributed by atoms with van der Waals surface area (Å²) in [5, 5.41) is 0.499. The van der Waals surface area contributed by atoms with Crippen molar-refractivity contribution in [2.75, 3.05) is 20.4 Å². The van der Waals surface area contributed by atoms with Gasteiger partial charge in [-0.25, -0.2) is 6.61 Å². The third-order valence-corrected chi connectivity index (χ3v) is 4.70. The van der Waals surface area contributed by atoms with E-state index in [0.717, 1.165) is 5.56 Å². The number of fused-ring (bicyclic) bond motifs is 2. The van der Waals surface area contributed by atoms with E-state index < -0.39 is 5.60 Å². The second-order valence-electron chi connectivity index (χ2n) is 6.66. The van der Waals surface area contributed by atoms with Gasteiger partial charge in [0.15, 0.2) is 5.05 Å². The molecule has 4 atom stereocenters. The first kappa shape index (κ1) is 26.5. The van der Waals surface area contributed by atoms with E-state index in [4.69, 9.17) is 41.6 Å².